The van der Waals surface area contributed by atoms with Crippen molar-refractivity contribution in [3.63, 3.8) is 0 Å². The Morgan fingerprint density at radius 3 is 1.80 bits per heavy atom. The Hall–Kier alpha value is 0.297. The van der Waals surface area contributed by atoms with Gasteiger partial charge in [-0.3, -0.25) is 0 Å². The minimum atomic E-state index is -4.04. The third-order valence-electron chi connectivity index (χ3n) is 1.00. The Kier molecular flexibility index (Phi) is 3.22. The summed E-state index contributed by atoms with van der Waals surface area (Å²) >= 11 is 5.68. The quantitative estimate of drug-likeness (QED) is 0.463. The molecular formula is C5H10ClF3Si. The molecule has 0 radical (unpaired) electrons. The SMILES string of the molecule is C[Si](C)(Cl)CCC(F)(F)F. The van der Waals surface area contributed by atoms with Crippen LogP contribution in [0.15, 0.2) is 0 Å². The third kappa shape index (κ3) is 8.30. The van der Waals surface area contributed by atoms with Gasteiger partial charge in [-0.15, -0.1) is 0 Å². The van der Waals surface area contributed by atoms with Crippen LogP contribution in [0.2, 0.25) is 19.1 Å². The summed E-state index contributed by atoms with van der Waals surface area (Å²) in [6.45, 7) is 3.42. The molecule has 0 nitrogen and oxygen atoms in total. The number of halogens is 4. The first-order valence-corrected chi connectivity index (χ1v) is 7.18. The van der Waals surface area contributed by atoms with E-state index >= 15 is 0 Å². The van der Waals surface area contributed by atoms with Gasteiger partial charge in [-0.05, 0) is 6.04 Å². The maximum Gasteiger partial charge on any atom is 0.388 e. The third-order valence-corrected chi connectivity index (χ3v) is 3.01. The molecule has 0 aliphatic rings. The minimum absolute atomic E-state index is 0.109. The van der Waals surface area contributed by atoms with Crippen molar-refractivity contribution in [2.45, 2.75) is 31.7 Å². The van der Waals surface area contributed by atoms with Gasteiger partial charge < -0.3 is 0 Å². The highest BCUT2D eigenvalue weighted by Crippen LogP contribution is 2.27. The highest BCUT2D eigenvalue weighted by atomic mass is 35.6. The van der Waals surface area contributed by atoms with Crippen LogP contribution in [0.5, 0.6) is 0 Å². The molecule has 0 atom stereocenters. The molecule has 0 aromatic carbocycles. The fourth-order valence-electron chi connectivity index (χ4n) is 0.439. The molecule has 0 aromatic rings. The second kappa shape index (κ2) is 3.13. The molecule has 0 saturated carbocycles. The van der Waals surface area contributed by atoms with Crippen LogP contribution in [0, 0.1) is 0 Å². The van der Waals surface area contributed by atoms with Gasteiger partial charge in [0.1, 0.15) is 0 Å². The lowest BCUT2D eigenvalue weighted by molar-refractivity contribution is -0.130. The highest BCUT2D eigenvalue weighted by Gasteiger charge is 2.30. The molecule has 0 aliphatic heterocycles. The lowest BCUT2D eigenvalue weighted by Gasteiger charge is -2.13. The van der Waals surface area contributed by atoms with Crippen LogP contribution in [-0.2, 0) is 0 Å². The summed E-state index contributed by atoms with van der Waals surface area (Å²) < 4.78 is 34.6. The standard InChI is InChI=1S/C5H10ClF3Si/c1-10(2,6)4-3-5(7,8)9/h3-4H2,1-2H3. The van der Waals surface area contributed by atoms with E-state index < -0.39 is 20.0 Å². The van der Waals surface area contributed by atoms with Crippen LogP contribution in [0.3, 0.4) is 0 Å². The van der Waals surface area contributed by atoms with E-state index in [1.165, 1.54) is 0 Å². The Bertz CT molecular complexity index is 90.4. The molecule has 0 saturated heterocycles. The lowest BCUT2D eigenvalue weighted by atomic mass is 10.5. The lowest BCUT2D eigenvalue weighted by Crippen LogP contribution is -2.20. The van der Waals surface area contributed by atoms with E-state index in [0.717, 1.165) is 0 Å². The van der Waals surface area contributed by atoms with Gasteiger partial charge in [0.05, 0.1) is 0 Å². The largest absolute Gasteiger partial charge is 0.388 e. The molecule has 0 aliphatic carbocycles. The van der Waals surface area contributed by atoms with Gasteiger partial charge in [0, 0.05) is 6.42 Å². The molecule has 0 bridgehead atoms. The zero-order valence-corrected chi connectivity index (χ0v) is 7.68. The molecular weight excluding hydrogens is 181 g/mol. The average molecular weight is 191 g/mol. The molecule has 0 unspecified atom stereocenters. The first-order valence-electron chi connectivity index (χ1n) is 2.96. The van der Waals surface area contributed by atoms with Crippen molar-refractivity contribution >= 4 is 18.5 Å². The van der Waals surface area contributed by atoms with Crippen LogP contribution in [0.4, 0.5) is 13.2 Å². The molecule has 0 heterocycles. The van der Waals surface area contributed by atoms with E-state index in [0.29, 0.717) is 0 Å². The molecule has 0 N–H and O–H groups in total. The normalized spacial score (nSPS) is 13.8. The maximum absolute atomic E-state index is 11.5. The Balaban J connectivity index is 3.56. The molecule has 5 heteroatoms. The van der Waals surface area contributed by atoms with Crippen LogP contribution in [-0.4, -0.2) is 13.6 Å². The molecule has 0 amide bonds. The van der Waals surface area contributed by atoms with Gasteiger partial charge in [0.15, 0.2) is 7.38 Å². The highest BCUT2D eigenvalue weighted by molar-refractivity contribution is 7.19. The van der Waals surface area contributed by atoms with E-state index in [4.69, 9.17) is 11.1 Å². The molecule has 0 spiro atoms. The van der Waals surface area contributed by atoms with Crippen LogP contribution in [0.25, 0.3) is 0 Å². The van der Waals surface area contributed by atoms with Crippen molar-refractivity contribution in [3.8, 4) is 0 Å². The summed E-state index contributed by atoms with van der Waals surface area (Å²) in [6, 6.07) is 0.109. The van der Waals surface area contributed by atoms with E-state index in [9.17, 15) is 13.2 Å². The Labute approximate surface area is 64.1 Å². The van der Waals surface area contributed by atoms with Crippen molar-refractivity contribution < 1.29 is 13.2 Å². The first-order chi connectivity index (χ1) is 4.21. The number of alkyl halides is 3. The second-order valence-electron chi connectivity index (χ2n) is 2.83. The Morgan fingerprint density at radius 1 is 1.30 bits per heavy atom. The second-order valence-corrected chi connectivity index (χ2v) is 9.84. The fraction of sp³-hybridized carbons (Fsp3) is 1.00. The van der Waals surface area contributed by atoms with Crippen molar-refractivity contribution in [1.29, 1.82) is 0 Å². The number of rotatable bonds is 2. The minimum Gasteiger partial charge on any atom is -0.171 e. The van der Waals surface area contributed by atoms with Crippen molar-refractivity contribution in [2.75, 3.05) is 0 Å². The van der Waals surface area contributed by atoms with Gasteiger partial charge in [-0.1, -0.05) is 13.1 Å². The summed E-state index contributed by atoms with van der Waals surface area (Å²) in [6.07, 6.45) is -4.78. The van der Waals surface area contributed by atoms with Crippen molar-refractivity contribution in [1.82, 2.24) is 0 Å². The van der Waals surface area contributed by atoms with Crippen LogP contribution in [0.1, 0.15) is 6.42 Å². The Morgan fingerprint density at radius 2 is 1.70 bits per heavy atom. The smallest absolute Gasteiger partial charge is 0.171 e. The molecule has 62 valence electrons. The van der Waals surface area contributed by atoms with E-state index in [2.05, 4.69) is 0 Å². The molecule has 10 heavy (non-hydrogen) atoms. The van der Waals surface area contributed by atoms with E-state index in [1.807, 2.05) is 0 Å². The van der Waals surface area contributed by atoms with Gasteiger partial charge in [0.25, 0.3) is 0 Å². The van der Waals surface area contributed by atoms with Crippen LogP contribution >= 0.6 is 11.1 Å². The zero-order valence-electron chi connectivity index (χ0n) is 5.93. The van der Waals surface area contributed by atoms with Gasteiger partial charge in [-0.25, -0.2) is 0 Å². The monoisotopic (exact) mass is 190 g/mol. The van der Waals surface area contributed by atoms with Crippen molar-refractivity contribution in [2.24, 2.45) is 0 Å². The first kappa shape index (κ1) is 10.3. The summed E-state index contributed by atoms with van der Waals surface area (Å²) in [5.41, 5.74) is 0. The maximum atomic E-state index is 11.5. The van der Waals surface area contributed by atoms with Gasteiger partial charge in [0.2, 0.25) is 0 Å². The topological polar surface area (TPSA) is 0 Å². The van der Waals surface area contributed by atoms with Gasteiger partial charge in [-0.2, -0.15) is 24.3 Å². The summed E-state index contributed by atoms with van der Waals surface area (Å²) in [7, 11) is -2.01. The average Bonchev–Trinajstić information content (AvgIpc) is 1.57. The number of hydrogen-bond acceptors (Lipinski definition) is 0. The molecule has 0 fully saturated rings. The predicted octanol–water partition coefficient (Wildman–Crippen LogP) is 3.38. The summed E-state index contributed by atoms with van der Waals surface area (Å²) in [5.74, 6) is 0. The van der Waals surface area contributed by atoms with Gasteiger partial charge >= 0.3 is 6.18 Å². The zero-order chi connectivity index (χ0) is 8.41. The fourth-order valence-corrected chi connectivity index (χ4v) is 1.60. The van der Waals surface area contributed by atoms with E-state index in [-0.39, 0.29) is 6.04 Å². The van der Waals surface area contributed by atoms with E-state index in [1.54, 1.807) is 13.1 Å². The predicted molar refractivity (Wildman–Crippen MR) is 38.8 cm³/mol. The summed E-state index contributed by atoms with van der Waals surface area (Å²) in [5, 5.41) is 0. The van der Waals surface area contributed by atoms with Crippen LogP contribution < -0.4 is 0 Å². The molecule has 0 aromatic heterocycles. The number of hydrogen-bond donors (Lipinski definition) is 0. The summed E-state index contributed by atoms with van der Waals surface area (Å²) in [4.78, 5) is 0. The van der Waals surface area contributed by atoms with Crippen molar-refractivity contribution in [3.05, 3.63) is 0 Å². The molecule has 0 rings (SSSR count).